The number of nitrogens with zero attached hydrogens (tertiary/aromatic N) is 1. The van der Waals surface area contributed by atoms with Gasteiger partial charge in [0, 0.05) is 18.3 Å². The average Bonchev–Trinajstić information content (AvgIpc) is 2.52. The number of hydrogen-bond acceptors (Lipinski definition) is 3. The van der Waals surface area contributed by atoms with Crippen LogP contribution in [0.2, 0.25) is 0 Å². The Labute approximate surface area is 84.0 Å². The molecule has 1 heterocycles. The summed E-state index contributed by atoms with van der Waals surface area (Å²) in [5.74, 6) is 1.15. The quantitative estimate of drug-likeness (QED) is 0.732. The van der Waals surface area contributed by atoms with Crippen molar-refractivity contribution in [3.8, 4) is 0 Å². The summed E-state index contributed by atoms with van der Waals surface area (Å²) in [6, 6.07) is 0.0796. The van der Waals surface area contributed by atoms with Gasteiger partial charge in [-0.3, -0.25) is 4.79 Å². The molecule has 1 saturated heterocycles. The first-order valence-corrected chi connectivity index (χ1v) is 6.11. The first-order valence-electron chi connectivity index (χ1n) is 4.71. The summed E-state index contributed by atoms with van der Waals surface area (Å²) in [6.45, 7) is 2.66. The van der Waals surface area contributed by atoms with E-state index < -0.39 is 0 Å². The predicted octanol–water partition coefficient (Wildman–Crippen LogP) is 0.688. The molecule has 0 radical (unpaired) electrons. The molecule has 1 rings (SSSR count). The van der Waals surface area contributed by atoms with E-state index in [1.165, 1.54) is 0 Å². The molecule has 0 aromatic rings. The van der Waals surface area contributed by atoms with E-state index in [1.807, 2.05) is 4.90 Å². The van der Waals surface area contributed by atoms with E-state index >= 15 is 0 Å². The maximum absolute atomic E-state index is 11.6. The Morgan fingerprint density at radius 2 is 2.46 bits per heavy atom. The summed E-state index contributed by atoms with van der Waals surface area (Å²) in [6.07, 6.45) is 4.34. The highest BCUT2D eigenvalue weighted by molar-refractivity contribution is 7.98. The number of carbonyl (C=O) groups excluding carboxylic acids is 1. The molecule has 1 fully saturated rings. The fourth-order valence-corrected chi connectivity index (χ4v) is 2.48. The third-order valence-corrected chi connectivity index (χ3v) is 3.13. The van der Waals surface area contributed by atoms with Gasteiger partial charge in [0.2, 0.25) is 5.91 Å². The molecule has 76 valence electrons. The minimum absolute atomic E-state index is 0.108. The van der Waals surface area contributed by atoms with Crippen LogP contribution in [-0.2, 0) is 4.79 Å². The highest BCUT2D eigenvalue weighted by Crippen LogP contribution is 2.20. The zero-order valence-corrected chi connectivity index (χ0v) is 9.14. The number of amides is 1. The maximum Gasteiger partial charge on any atom is 0.239 e. The number of hydrogen-bond donors (Lipinski definition) is 1. The number of likely N-dealkylation sites (tertiary alicyclic amines) is 1. The molecule has 4 heteroatoms. The number of nitrogens with two attached hydrogens (primary N) is 1. The lowest BCUT2D eigenvalue weighted by Crippen LogP contribution is -2.45. The molecule has 0 aliphatic carbocycles. The Balaban J connectivity index is 2.52. The number of rotatable bonds is 3. The van der Waals surface area contributed by atoms with E-state index in [-0.39, 0.29) is 11.9 Å². The smallest absolute Gasteiger partial charge is 0.239 e. The van der Waals surface area contributed by atoms with Crippen LogP contribution in [0, 0.1) is 0 Å². The lowest BCUT2D eigenvalue weighted by Gasteiger charge is -2.25. The Kier molecular flexibility index (Phi) is 4.06. The fourth-order valence-electron chi connectivity index (χ4n) is 1.75. The summed E-state index contributed by atoms with van der Waals surface area (Å²) in [5.41, 5.74) is 5.58. The van der Waals surface area contributed by atoms with Crippen molar-refractivity contribution in [1.82, 2.24) is 4.90 Å². The second-order valence-corrected chi connectivity index (χ2v) is 4.48. The molecule has 0 unspecified atom stereocenters. The zero-order chi connectivity index (χ0) is 9.84. The van der Waals surface area contributed by atoms with Gasteiger partial charge in [0.1, 0.15) is 0 Å². The molecule has 2 atom stereocenters. The van der Waals surface area contributed by atoms with E-state index in [9.17, 15) is 4.79 Å². The first kappa shape index (κ1) is 10.9. The molecule has 3 nitrogen and oxygen atoms in total. The number of thioether (sulfide) groups is 1. The molecule has 1 aliphatic heterocycles. The summed E-state index contributed by atoms with van der Waals surface area (Å²) in [7, 11) is 0. The van der Waals surface area contributed by atoms with Gasteiger partial charge in [-0.25, -0.2) is 0 Å². The third-order valence-electron chi connectivity index (χ3n) is 2.41. The summed E-state index contributed by atoms with van der Waals surface area (Å²) < 4.78 is 0. The topological polar surface area (TPSA) is 46.3 Å². The largest absolute Gasteiger partial charge is 0.338 e. The van der Waals surface area contributed by atoms with E-state index in [0.717, 1.165) is 25.1 Å². The van der Waals surface area contributed by atoms with Gasteiger partial charge in [-0.2, -0.15) is 11.8 Å². The van der Waals surface area contributed by atoms with Crippen LogP contribution in [-0.4, -0.2) is 41.4 Å². The lowest BCUT2D eigenvalue weighted by molar-refractivity contribution is -0.132. The third kappa shape index (κ3) is 2.61. The van der Waals surface area contributed by atoms with Crippen LogP contribution in [0.25, 0.3) is 0 Å². The molecule has 0 saturated carbocycles. The standard InChI is InChI=1S/C9H18N2OS/c1-7(10)9(12)11-5-3-4-8(11)6-13-2/h7-8H,3-6,10H2,1-2H3/t7-,8-/m0/s1. The van der Waals surface area contributed by atoms with Crippen LogP contribution >= 0.6 is 11.8 Å². The molecule has 1 aliphatic rings. The summed E-state index contributed by atoms with van der Waals surface area (Å²) in [5, 5.41) is 0. The highest BCUT2D eigenvalue weighted by atomic mass is 32.2. The Hall–Kier alpha value is -0.220. The van der Waals surface area contributed by atoms with Gasteiger partial charge in [-0.15, -0.1) is 0 Å². The Morgan fingerprint density at radius 1 is 1.77 bits per heavy atom. The monoisotopic (exact) mass is 202 g/mol. The van der Waals surface area contributed by atoms with E-state index in [0.29, 0.717) is 6.04 Å². The van der Waals surface area contributed by atoms with Crippen molar-refractivity contribution < 1.29 is 4.79 Å². The SMILES string of the molecule is CSC[C@@H]1CCCN1C(=O)[C@H](C)N. The molecule has 2 N–H and O–H groups in total. The van der Waals surface area contributed by atoms with E-state index in [4.69, 9.17) is 5.73 Å². The predicted molar refractivity (Wildman–Crippen MR) is 56.8 cm³/mol. The van der Waals surface area contributed by atoms with Crippen LogP contribution < -0.4 is 5.73 Å². The molecule has 1 amide bonds. The van der Waals surface area contributed by atoms with Crippen molar-refractivity contribution in [2.45, 2.75) is 31.8 Å². The van der Waals surface area contributed by atoms with Crippen LogP contribution in [0.5, 0.6) is 0 Å². The van der Waals surface area contributed by atoms with Gasteiger partial charge < -0.3 is 10.6 Å². The van der Waals surface area contributed by atoms with Crippen molar-refractivity contribution in [2.75, 3.05) is 18.6 Å². The van der Waals surface area contributed by atoms with Gasteiger partial charge in [0.15, 0.2) is 0 Å². The van der Waals surface area contributed by atoms with Crippen molar-refractivity contribution in [2.24, 2.45) is 5.73 Å². The molecule has 0 aromatic carbocycles. The van der Waals surface area contributed by atoms with Crippen molar-refractivity contribution >= 4 is 17.7 Å². The molecule has 0 bridgehead atoms. The molecule has 13 heavy (non-hydrogen) atoms. The second kappa shape index (κ2) is 4.86. The average molecular weight is 202 g/mol. The van der Waals surface area contributed by atoms with Crippen LogP contribution in [0.15, 0.2) is 0 Å². The molecule has 0 spiro atoms. The minimum Gasteiger partial charge on any atom is -0.338 e. The van der Waals surface area contributed by atoms with Gasteiger partial charge >= 0.3 is 0 Å². The fraction of sp³-hybridized carbons (Fsp3) is 0.889. The van der Waals surface area contributed by atoms with Crippen LogP contribution in [0.4, 0.5) is 0 Å². The Bertz CT molecular complexity index is 184. The Morgan fingerprint density at radius 3 is 3.00 bits per heavy atom. The normalized spacial score (nSPS) is 24.8. The van der Waals surface area contributed by atoms with Gasteiger partial charge in [0.05, 0.1) is 6.04 Å². The van der Waals surface area contributed by atoms with Gasteiger partial charge in [0.25, 0.3) is 0 Å². The summed E-state index contributed by atoms with van der Waals surface area (Å²) >= 11 is 1.80. The minimum atomic E-state index is -0.345. The van der Waals surface area contributed by atoms with E-state index in [2.05, 4.69) is 6.26 Å². The lowest BCUT2D eigenvalue weighted by atomic mass is 10.2. The summed E-state index contributed by atoms with van der Waals surface area (Å²) in [4.78, 5) is 13.6. The van der Waals surface area contributed by atoms with Gasteiger partial charge in [-0.1, -0.05) is 0 Å². The highest BCUT2D eigenvalue weighted by Gasteiger charge is 2.29. The maximum atomic E-state index is 11.6. The zero-order valence-electron chi connectivity index (χ0n) is 8.32. The van der Waals surface area contributed by atoms with Gasteiger partial charge in [-0.05, 0) is 26.0 Å². The van der Waals surface area contributed by atoms with Crippen molar-refractivity contribution in [3.05, 3.63) is 0 Å². The van der Waals surface area contributed by atoms with Crippen LogP contribution in [0.1, 0.15) is 19.8 Å². The first-order chi connectivity index (χ1) is 6.16. The molecule has 0 aromatic heterocycles. The molecular weight excluding hydrogens is 184 g/mol. The van der Waals surface area contributed by atoms with Crippen molar-refractivity contribution in [3.63, 3.8) is 0 Å². The number of carbonyl (C=O) groups is 1. The van der Waals surface area contributed by atoms with Crippen LogP contribution in [0.3, 0.4) is 0 Å². The second-order valence-electron chi connectivity index (χ2n) is 3.57. The van der Waals surface area contributed by atoms with Crippen molar-refractivity contribution in [1.29, 1.82) is 0 Å². The molecular formula is C9H18N2OS. The van der Waals surface area contributed by atoms with E-state index in [1.54, 1.807) is 18.7 Å².